The minimum atomic E-state index is -0.279. The van der Waals surface area contributed by atoms with Crippen LogP contribution in [0.25, 0.3) is 0 Å². The summed E-state index contributed by atoms with van der Waals surface area (Å²) in [5.74, 6) is 0.917. The zero-order valence-electron chi connectivity index (χ0n) is 17.0. The zero-order chi connectivity index (χ0) is 20.0. The Kier molecular flexibility index (Phi) is 4.82. The van der Waals surface area contributed by atoms with Crippen LogP contribution in [0.5, 0.6) is 5.75 Å². The van der Waals surface area contributed by atoms with E-state index in [0.717, 1.165) is 48.3 Å². The van der Waals surface area contributed by atoms with Crippen molar-refractivity contribution in [1.29, 1.82) is 0 Å². The lowest BCUT2D eigenvalue weighted by atomic mass is 9.90. The van der Waals surface area contributed by atoms with E-state index in [2.05, 4.69) is 22.9 Å². The van der Waals surface area contributed by atoms with Crippen LogP contribution >= 0.6 is 0 Å². The van der Waals surface area contributed by atoms with Crippen LogP contribution in [0, 0.1) is 18.7 Å². The first-order valence-electron chi connectivity index (χ1n) is 10.8. The smallest absolute Gasteiger partial charge is 0.131 e. The van der Waals surface area contributed by atoms with Crippen molar-refractivity contribution >= 4 is 11.4 Å². The Morgan fingerprint density at radius 1 is 1.17 bits per heavy atom. The molecule has 0 atom stereocenters. The number of hydrogen-bond acceptors (Lipinski definition) is 4. The Morgan fingerprint density at radius 3 is 2.72 bits per heavy atom. The zero-order valence-corrected chi connectivity index (χ0v) is 17.0. The molecule has 0 saturated heterocycles. The van der Waals surface area contributed by atoms with Gasteiger partial charge in [-0.15, -0.1) is 0 Å². The molecular formula is C23H29FN4O. The van der Waals surface area contributed by atoms with Gasteiger partial charge in [-0.25, -0.2) is 4.39 Å². The summed E-state index contributed by atoms with van der Waals surface area (Å²) in [7, 11) is 0. The summed E-state index contributed by atoms with van der Waals surface area (Å²) in [6.07, 6.45) is 6.72. The molecule has 0 amide bonds. The normalized spacial score (nSPS) is 24.2. The van der Waals surface area contributed by atoms with Gasteiger partial charge < -0.3 is 20.4 Å². The van der Waals surface area contributed by atoms with Crippen molar-refractivity contribution in [2.24, 2.45) is 16.6 Å². The van der Waals surface area contributed by atoms with Crippen LogP contribution < -0.4 is 15.4 Å². The number of halogens is 1. The minimum Gasteiger partial charge on any atom is -0.492 e. The summed E-state index contributed by atoms with van der Waals surface area (Å²) in [5, 5.41) is 0. The van der Waals surface area contributed by atoms with E-state index >= 15 is 0 Å². The number of nitrogens with two attached hydrogens (primary N) is 1. The molecule has 2 heterocycles. The summed E-state index contributed by atoms with van der Waals surface area (Å²) in [6.45, 7) is 3.33. The summed E-state index contributed by atoms with van der Waals surface area (Å²) in [5.41, 5.74) is 11.1. The summed E-state index contributed by atoms with van der Waals surface area (Å²) < 4.78 is 20.0. The van der Waals surface area contributed by atoms with E-state index in [1.165, 1.54) is 30.7 Å². The molecule has 2 aliphatic carbocycles. The molecule has 3 N–H and O–H groups in total. The molecule has 2 fully saturated rings. The van der Waals surface area contributed by atoms with Gasteiger partial charge in [-0.3, -0.25) is 4.99 Å². The number of aromatic nitrogens is 1. The number of fused-ring (bicyclic) bond motifs is 1. The van der Waals surface area contributed by atoms with Gasteiger partial charge in [0.2, 0.25) is 0 Å². The standard InChI is InChI=1S/C23H29FN4O/c1-14-10-20-23(27-14)22(26-13-28(20)18-7-5-17(25)6-8-18)19-9-4-16(24)11-21(19)29-12-15-2-3-15/h4,9-11,15,17-18,27H,2-3,5-8,12-13,25H2,1H3. The highest BCUT2D eigenvalue weighted by molar-refractivity contribution is 6.17. The number of nitrogens with zero attached hydrogens (tertiary/aromatic N) is 2. The van der Waals surface area contributed by atoms with Crippen molar-refractivity contribution in [1.82, 2.24) is 4.98 Å². The van der Waals surface area contributed by atoms with E-state index in [-0.39, 0.29) is 5.82 Å². The van der Waals surface area contributed by atoms with E-state index in [9.17, 15) is 4.39 Å². The number of rotatable bonds is 5. The molecule has 5 rings (SSSR count). The molecular weight excluding hydrogens is 367 g/mol. The molecule has 0 unspecified atom stereocenters. The Morgan fingerprint density at radius 2 is 1.97 bits per heavy atom. The third-order valence-electron chi connectivity index (χ3n) is 6.41. The quantitative estimate of drug-likeness (QED) is 0.798. The van der Waals surface area contributed by atoms with Gasteiger partial charge in [0.25, 0.3) is 0 Å². The monoisotopic (exact) mass is 396 g/mol. The van der Waals surface area contributed by atoms with Crippen LogP contribution in [0.3, 0.4) is 0 Å². The van der Waals surface area contributed by atoms with Crippen molar-refractivity contribution in [3.05, 3.63) is 47.0 Å². The second kappa shape index (κ2) is 7.48. The van der Waals surface area contributed by atoms with Crippen LogP contribution in [0.1, 0.15) is 55.5 Å². The number of hydrogen-bond donors (Lipinski definition) is 2. The number of aryl methyl sites for hydroxylation is 1. The molecule has 6 heteroatoms. The number of H-pyrrole nitrogens is 1. The highest BCUT2D eigenvalue weighted by Gasteiger charge is 2.32. The Balaban J connectivity index is 1.47. The largest absolute Gasteiger partial charge is 0.492 e. The van der Waals surface area contributed by atoms with Crippen molar-refractivity contribution in [2.45, 2.75) is 57.5 Å². The summed E-state index contributed by atoms with van der Waals surface area (Å²) in [4.78, 5) is 10.8. The lowest BCUT2D eigenvalue weighted by Gasteiger charge is -2.38. The molecule has 3 aliphatic rings. The predicted octanol–water partition coefficient (Wildman–Crippen LogP) is 4.14. The van der Waals surface area contributed by atoms with E-state index in [4.69, 9.17) is 15.5 Å². The Bertz CT molecular complexity index is 925. The van der Waals surface area contributed by atoms with Crippen LogP contribution in [0.2, 0.25) is 0 Å². The average Bonchev–Trinajstić information content (AvgIpc) is 3.45. The van der Waals surface area contributed by atoms with Gasteiger partial charge in [-0.05, 0) is 69.6 Å². The molecule has 29 heavy (non-hydrogen) atoms. The second-order valence-electron chi connectivity index (χ2n) is 8.79. The number of aromatic amines is 1. The minimum absolute atomic E-state index is 0.279. The van der Waals surface area contributed by atoms with Gasteiger partial charge in [0, 0.05) is 29.4 Å². The topological polar surface area (TPSA) is 66.6 Å². The second-order valence-corrected chi connectivity index (χ2v) is 8.79. The maximum atomic E-state index is 13.9. The van der Waals surface area contributed by atoms with Crippen LogP contribution in [-0.4, -0.2) is 36.1 Å². The predicted molar refractivity (Wildman–Crippen MR) is 113 cm³/mol. The first-order valence-corrected chi connectivity index (χ1v) is 10.8. The van der Waals surface area contributed by atoms with E-state index in [0.29, 0.717) is 37.0 Å². The fourth-order valence-corrected chi connectivity index (χ4v) is 4.53. The van der Waals surface area contributed by atoms with Crippen molar-refractivity contribution in [3.63, 3.8) is 0 Å². The third kappa shape index (κ3) is 3.78. The fourth-order valence-electron chi connectivity index (χ4n) is 4.53. The fraction of sp³-hybridized carbons (Fsp3) is 0.522. The van der Waals surface area contributed by atoms with Crippen molar-refractivity contribution in [2.75, 3.05) is 18.2 Å². The van der Waals surface area contributed by atoms with Gasteiger partial charge in [0.1, 0.15) is 18.2 Å². The number of ether oxygens (including phenoxy) is 1. The van der Waals surface area contributed by atoms with Crippen molar-refractivity contribution < 1.29 is 9.13 Å². The van der Waals surface area contributed by atoms with Gasteiger partial charge >= 0.3 is 0 Å². The molecule has 1 aliphatic heterocycles. The highest BCUT2D eigenvalue weighted by Crippen LogP contribution is 2.36. The molecule has 1 aromatic heterocycles. The molecule has 2 saturated carbocycles. The maximum Gasteiger partial charge on any atom is 0.131 e. The number of anilines is 1. The first-order chi connectivity index (χ1) is 14.1. The van der Waals surface area contributed by atoms with Crippen LogP contribution in [-0.2, 0) is 0 Å². The SMILES string of the molecule is Cc1cc2c([nH]1)C(c1ccc(F)cc1OCC1CC1)=NCN2C1CCC(N)CC1. The van der Waals surface area contributed by atoms with Gasteiger partial charge in [0.05, 0.1) is 23.7 Å². The van der Waals surface area contributed by atoms with Gasteiger partial charge in [-0.1, -0.05) is 0 Å². The van der Waals surface area contributed by atoms with Gasteiger partial charge in [0.15, 0.2) is 0 Å². The van der Waals surface area contributed by atoms with Crippen molar-refractivity contribution in [3.8, 4) is 5.75 Å². The van der Waals surface area contributed by atoms with Gasteiger partial charge in [-0.2, -0.15) is 0 Å². The van der Waals surface area contributed by atoms with E-state index < -0.39 is 0 Å². The van der Waals surface area contributed by atoms with E-state index in [1.807, 2.05) is 0 Å². The average molecular weight is 397 g/mol. The molecule has 0 radical (unpaired) electrons. The number of aliphatic imine (C=N–C) groups is 1. The Labute approximate surface area is 171 Å². The summed E-state index contributed by atoms with van der Waals surface area (Å²) in [6, 6.07) is 7.77. The molecule has 0 spiro atoms. The third-order valence-corrected chi connectivity index (χ3v) is 6.41. The first kappa shape index (κ1) is 18.7. The highest BCUT2D eigenvalue weighted by atomic mass is 19.1. The molecule has 0 bridgehead atoms. The summed E-state index contributed by atoms with van der Waals surface area (Å²) >= 11 is 0. The molecule has 5 nitrogen and oxygen atoms in total. The van der Waals surface area contributed by atoms with Crippen LogP contribution in [0.15, 0.2) is 29.3 Å². The number of benzene rings is 1. The van der Waals surface area contributed by atoms with Crippen LogP contribution in [0.4, 0.5) is 10.1 Å². The molecule has 154 valence electrons. The molecule has 2 aromatic rings. The number of nitrogens with one attached hydrogen (secondary N) is 1. The lowest BCUT2D eigenvalue weighted by Crippen LogP contribution is -2.43. The Hall–Kier alpha value is -2.34. The van der Waals surface area contributed by atoms with E-state index in [1.54, 1.807) is 6.07 Å². The molecule has 1 aromatic carbocycles. The maximum absolute atomic E-state index is 13.9. The lowest BCUT2D eigenvalue weighted by molar-refractivity contribution is 0.298.